The van der Waals surface area contributed by atoms with Gasteiger partial charge in [0.15, 0.2) is 11.0 Å². The fourth-order valence-electron chi connectivity index (χ4n) is 3.26. The van der Waals surface area contributed by atoms with Crippen molar-refractivity contribution in [2.75, 3.05) is 5.75 Å². The third-order valence-electron chi connectivity index (χ3n) is 4.78. The van der Waals surface area contributed by atoms with Crippen LogP contribution in [0.25, 0.3) is 22.3 Å². The number of thiophene rings is 1. The topological polar surface area (TPSA) is 75.6 Å². The number of nitrogens with zero attached hydrogens (tertiary/aromatic N) is 3. The fourth-order valence-corrected chi connectivity index (χ4v) is 4.74. The molecule has 4 aromatic rings. The molecule has 1 aromatic carbocycles. The molecule has 28 heavy (non-hydrogen) atoms. The average Bonchev–Trinajstić information content (AvgIpc) is 3.13. The van der Waals surface area contributed by atoms with E-state index in [1.165, 1.54) is 11.8 Å². The minimum Gasteiger partial charge on any atom is -0.360 e. The summed E-state index contributed by atoms with van der Waals surface area (Å²) < 4.78 is 2.20. The van der Waals surface area contributed by atoms with Crippen LogP contribution in [-0.4, -0.2) is 31.4 Å². The standard InChI is InChI=1S/C20H19N5OS2/c26-18(22-10-14-4-3-9-27-14)12-28-20-24-23-19(25(20)13-7-8-13)16-11-21-17-6-2-1-5-15(16)17/h1-6,9,11,13,21H,7-8,10,12H2,(H,22,26). The molecule has 1 saturated carbocycles. The quantitative estimate of drug-likeness (QED) is 0.448. The Kier molecular flexibility index (Phi) is 4.66. The van der Waals surface area contributed by atoms with Crippen LogP contribution in [0.3, 0.4) is 0 Å². The van der Waals surface area contributed by atoms with Gasteiger partial charge < -0.3 is 10.3 Å². The summed E-state index contributed by atoms with van der Waals surface area (Å²) in [5, 5.41) is 15.8. The minimum atomic E-state index is 0.0115. The molecule has 1 amide bonds. The van der Waals surface area contributed by atoms with Gasteiger partial charge in [0.25, 0.3) is 0 Å². The first-order valence-corrected chi connectivity index (χ1v) is 11.1. The zero-order chi connectivity index (χ0) is 18.9. The van der Waals surface area contributed by atoms with Gasteiger partial charge in [0.05, 0.1) is 12.3 Å². The summed E-state index contributed by atoms with van der Waals surface area (Å²) in [5.74, 6) is 1.23. The molecule has 2 N–H and O–H groups in total. The van der Waals surface area contributed by atoms with Crippen LogP contribution in [0.4, 0.5) is 0 Å². The zero-order valence-electron chi connectivity index (χ0n) is 15.1. The van der Waals surface area contributed by atoms with Crippen LogP contribution in [-0.2, 0) is 11.3 Å². The van der Waals surface area contributed by atoms with E-state index in [4.69, 9.17) is 0 Å². The highest BCUT2D eigenvalue weighted by Crippen LogP contribution is 2.42. The average molecular weight is 410 g/mol. The van der Waals surface area contributed by atoms with Crippen molar-refractivity contribution >= 4 is 39.9 Å². The number of thioether (sulfide) groups is 1. The molecule has 0 saturated heterocycles. The Labute approximate surface area is 170 Å². The molecule has 0 bridgehead atoms. The third kappa shape index (κ3) is 3.45. The molecule has 0 radical (unpaired) electrons. The van der Waals surface area contributed by atoms with Gasteiger partial charge in [0.2, 0.25) is 5.91 Å². The Balaban J connectivity index is 1.34. The number of nitrogens with one attached hydrogen (secondary N) is 2. The number of hydrogen-bond acceptors (Lipinski definition) is 5. The van der Waals surface area contributed by atoms with E-state index in [0.29, 0.717) is 18.3 Å². The normalized spacial score (nSPS) is 13.9. The predicted molar refractivity (Wildman–Crippen MR) is 112 cm³/mol. The molecule has 6 nitrogen and oxygen atoms in total. The number of para-hydroxylation sites is 1. The smallest absolute Gasteiger partial charge is 0.230 e. The Morgan fingerprint density at radius 2 is 2.14 bits per heavy atom. The van der Waals surface area contributed by atoms with Crippen molar-refractivity contribution in [2.24, 2.45) is 0 Å². The van der Waals surface area contributed by atoms with E-state index in [1.807, 2.05) is 35.8 Å². The van der Waals surface area contributed by atoms with Crippen molar-refractivity contribution in [3.05, 3.63) is 52.9 Å². The van der Waals surface area contributed by atoms with E-state index in [2.05, 4.69) is 37.2 Å². The Morgan fingerprint density at radius 1 is 1.25 bits per heavy atom. The van der Waals surface area contributed by atoms with Gasteiger partial charge in [-0.3, -0.25) is 9.36 Å². The lowest BCUT2D eigenvalue weighted by Crippen LogP contribution is -2.24. The van der Waals surface area contributed by atoms with Gasteiger partial charge in [-0.25, -0.2) is 0 Å². The second kappa shape index (κ2) is 7.44. The highest BCUT2D eigenvalue weighted by Gasteiger charge is 2.31. The van der Waals surface area contributed by atoms with Gasteiger partial charge in [-0.2, -0.15) is 0 Å². The molecule has 142 valence electrons. The summed E-state index contributed by atoms with van der Waals surface area (Å²) in [5.41, 5.74) is 2.15. The second-order valence-corrected chi connectivity index (χ2v) is 8.77. The summed E-state index contributed by atoms with van der Waals surface area (Å²) in [4.78, 5) is 16.7. The maximum absolute atomic E-state index is 12.2. The number of aromatic nitrogens is 4. The molecule has 0 atom stereocenters. The molecular formula is C20H19N5OS2. The van der Waals surface area contributed by atoms with Crippen molar-refractivity contribution in [1.82, 2.24) is 25.1 Å². The van der Waals surface area contributed by atoms with Crippen LogP contribution in [0.5, 0.6) is 0 Å². The largest absolute Gasteiger partial charge is 0.360 e. The lowest BCUT2D eigenvalue weighted by molar-refractivity contribution is -0.118. The first-order valence-electron chi connectivity index (χ1n) is 9.23. The number of aromatic amines is 1. The maximum Gasteiger partial charge on any atom is 0.230 e. The molecule has 3 aromatic heterocycles. The Bertz CT molecular complexity index is 1110. The number of carbonyl (C=O) groups is 1. The van der Waals surface area contributed by atoms with E-state index in [1.54, 1.807) is 11.3 Å². The summed E-state index contributed by atoms with van der Waals surface area (Å²) in [6.45, 7) is 0.576. The SMILES string of the molecule is O=C(CSc1nnc(-c2c[nH]c3ccccc23)n1C1CC1)NCc1cccs1. The van der Waals surface area contributed by atoms with Crippen molar-refractivity contribution in [1.29, 1.82) is 0 Å². The molecule has 5 rings (SSSR count). The third-order valence-corrected chi connectivity index (χ3v) is 6.60. The molecule has 0 spiro atoms. The first-order chi connectivity index (χ1) is 13.8. The predicted octanol–water partition coefficient (Wildman–Crippen LogP) is 4.23. The summed E-state index contributed by atoms with van der Waals surface area (Å²) in [6.07, 6.45) is 4.26. The number of carbonyl (C=O) groups excluding carboxylic acids is 1. The first kappa shape index (κ1) is 17.5. The van der Waals surface area contributed by atoms with Crippen molar-refractivity contribution in [3.63, 3.8) is 0 Å². The van der Waals surface area contributed by atoms with Crippen LogP contribution in [0.1, 0.15) is 23.8 Å². The van der Waals surface area contributed by atoms with Gasteiger partial charge in [0.1, 0.15) is 0 Å². The van der Waals surface area contributed by atoms with Crippen molar-refractivity contribution in [3.8, 4) is 11.4 Å². The van der Waals surface area contributed by atoms with E-state index in [-0.39, 0.29) is 5.91 Å². The van der Waals surface area contributed by atoms with Crippen LogP contribution in [0, 0.1) is 0 Å². The highest BCUT2D eigenvalue weighted by molar-refractivity contribution is 7.99. The lowest BCUT2D eigenvalue weighted by Gasteiger charge is -2.08. The van der Waals surface area contributed by atoms with Crippen LogP contribution < -0.4 is 5.32 Å². The van der Waals surface area contributed by atoms with Crippen molar-refractivity contribution in [2.45, 2.75) is 30.6 Å². The number of rotatable bonds is 7. The Morgan fingerprint density at radius 3 is 2.96 bits per heavy atom. The number of hydrogen-bond donors (Lipinski definition) is 2. The number of amides is 1. The molecule has 1 aliphatic rings. The van der Waals surface area contributed by atoms with Gasteiger partial charge >= 0.3 is 0 Å². The number of H-pyrrole nitrogens is 1. The highest BCUT2D eigenvalue weighted by atomic mass is 32.2. The molecule has 3 heterocycles. The monoisotopic (exact) mass is 409 g/mol. The molecule has 1 aliphatic carbocycles. The van der Waals surface area contributed by atoms with E-state index in [0.717, 1.165) is 45.2 Å². The Hall–Kier alpha value is -2.58. The second-order valence-electron chi connectivity index (χ2n) is 6.80. The molecule has 8 heteroatoms. The van der Waals surface area contributed by atoms with E-state index in [9.17, 15) is 4.79 Å². The molecular weight excluding hydrogens is 390 g/mol. The maximum atomic E-state index is 12.2. The molecule has 0 aliphatic heterocycles. The van der Waals surface area contributed by atoms with Gasteiger partial charge in [-0.1, -0.05) is 36.0 Å². The number of fused-ring (bicyclic) bond motifs is 1. The van der Waals surface area contributed by atoms with E-state index < -0.39 is 0 Å². The summed E-state index contributed by atoms with van der Waals surface area (Å²) >= 11 is 3.10. The van der Waals surface area contributed by atoms with Gasteiger partial charge in [-0.05, 0) is 30.4 Å². The minimum absolute atomic E-state index is 0.0115. The van der Waals surface area contributed by atoms with Crippen molar-refractivity contribution < 1.29 is 4.79 Å². The summed E-state index contributed by atoms with van der Waals surface area (Å²) in [7, 11) is 0. The van der Waals surface area contributed by atoms with Crippen LogP contribution in [0.2, 0.25) is 0 Å². The van der Waals surface area contributed by atoms with Gasteiger partial charge in [0, 0.05) is 33.6 Å². The van der Waals surface area contributed by atoms with Crippen LogP contribution in [0.15, 0.2) is 53.1 Å². The van der Waals surface area contributed by atoms with E-state index >= 15 is 0 Å². The fraction of sp³-hybridized carbons (Fsp3) is 0.250. The molecule has 0 unspecified atom stereocenters. The summed E-state index contributed by atoms with van der Waals surface area (Å²) in [6, 6.07) is 12.6. The van der Waals surface area contributed by atoms with Gasteiger partial charge in [-0.15, -0.1) is 21.5 Å². The molecule has 1 fully saturated rings. The zero-order valence-corrected chi connectivity index (χ0v) is 16.7. The lowest BCUT2D eigenvalue weighted by atomic mass is 10.1. The number of benzene rings is 1. The van der Waals surface area contributed by atoms with Crippen LogP contribution >= 0.6 is 23.1 Å².